The van der Waals surface area contributed by atoms with E-state index in [-0.39, 0.29) is 5.41 Å². The molecule has 2 heterocycles. The molecule has 61 heavy (non-hydrogen) atoms. The molecule has 0 bridgehead atoms. The van der Waals surface area contributed by atoms with Gasteiger partial charge in [-0.1, -0.05) is 170 Å². The molecule has 9 aromatic carbocycles. The summed E-state index contributed by atoms with van der Waals surface area (Å²) in [6.07, 6.45) is 0. The number of hydrogen-bond acceptors (Lipinski definition) is 3. The van der Waals surface area contributed by atoms with Gasteiger partial charge in [-0.15, -0.1) is 11.3 Å². The second-order valence-corrected chi connectivity index (χ2v) is 17.3. The van der Waals surface area contributed by atoms with Crippen LogP contribution in [-0.2, 0) is 5.41 Å². The van der Waals surface area contributed by atoms with Crippen LogP contribution in [0, 0.1) is 0 Å². The lowest BCUT2D eigenvalue weighted by molar-refractivity contribution is 0.714. The van der Waals surface area contributed by atoms with E-state index >= 15 is 0 Å². The lowest BCUT2D eigenvalue weighted by Gasteiger charge is -2.28. The zero-order valence-corrected chi connectivity index (χ0v) is 34.3. The fraction of sp³-hybridized carbons (Fsp3) is 0.0345. The van der Waals surface area contributed by atoms with E-state index < -0.39 is 0 Å². The summed E-state index contributed by atoms with van der Waals surface area (Å²) in [4.78, 5) is 10.7. The summed E-state index contributed by atoms with van der Waals surface area (Å²) in [7, 11) is 0. The number of nitrogens with zero attached hydrogens (tertiary/aromatic N) is 2. The average molecular weight is 795 g/mol. The van der Waals surface area contributed by atoms with Crippen molar-refractivity contribution in [3.8, 4) is 67.3 Å². The van der Waals surface area contributed by atoms with Gasteiger partial charge in [-0.3, -0.25) is 0 Å². The van der Waals surface area contributed by atoms with E-state index in [0.717, 1.165) is 39.2 Å². The molecule has 0 amide bonds. The van der Waals surface area contributed by atoms with Gasteiger partial charge >= 0.3 is 0 Å². The van der Waals surface area contributed by atoms with Crippen molar-refractivity contribution in [3.05, 3.63) is 229 Å². The first-order valence-corrected chi connectivity index (χ1v) is 21.7. The Labute approximate surface area is 359 Å². The van der Waals surface area contributed by atoms with Crippen molar-refractivity contribution in [2.45, 2.75) is 12.3 Å². The summed E-state index contributed by atoms with van der Waals surface area (Å²) >= 11 is 1.87. The van der Waals surface area contributed by atoms with Crippen molar-refractivity contribution < 1.29 is 0 Å². The van der Waals surface area contributed by atoms with Crippen LogP contribution < -0.4 is 0 Å². The molecule has 1 aliphatic rings. The molecule has 2 nitrogen and oxygen atoms in total. The van der Waals surface area contributed by atoms with Crippen molar-refractivity contribution in [3.63, 3.8) is 0 Å². The molecule has 286 valence electrons. The summed E-state index contributed by atoms with van der Waals surface area (Å²) in [5, 5.41) is 5.03. The fourth-order valence-electron chi connectivity index (χ4n) is 9.64. The Morgan fingerprint density at radius 1 is 0.377 bits per heavy atom. The van der Waals surface area contributed by atoms with Gasteiger partial charge in [0.25, 0.3) is 0 Å². The quantitative estimate of drug-likeness (QED) is 0.168. The van der Waals surface area contributed by atoms with Crippen LogP contribution in [0.3, 0.4) is 0 Å². The van der Waals surface area contributed by atoms with Crippen LogP contribution in [0.4, 0.5) is 0 Å². The molecule has 2 aromatic heterocycles. The number of rotatable bonds is 6. The van der Waals surface area contributed by atoms with Gasteiger partial charge in [0.15, 0.2) is 5.82 Å². The van der Waals surface area contributed by atoms with Gasteiger partial charge < -0.3 is 0 Å². The highest BCUT2D eigenvalue weighted by atomic mass is 32.1. The van der Waals surface area contributed by atoms with E-state index in [1.165, 1.54) is 69.9 Å². The third kappa shape index (κ3) is 5.84. The molecule has 1 atom stereocenters. The maximum Gasteiger partial charge on any atom is 0.160 e. The number of benzene rings is 9. The van der Waals surface area contributed by atoms with Gasteiger partial charge in [0.05, 0.1) is 11.4 Å². The summed E-state index contributed by atoms with van der Waals surface area (Å²) in [6, 6.07) is 77.1. The van der Waals surface area contributed by atoms with E-state index in [1.807, 2.05) is 17.4 Å². The highest BCUT2D eigenvalue weighted by Crippen LogP contribution is 2.53. The number of thiophene rings is 1. The molecule has 3 heteroatoms. The lowest BCUT2D eigenvalue weighted by atomic mass is 9.74. The predicted molar refractivity (Wildman–Crippen MR) is 257 cm³/mol. The molecule has 0 spiro atoms. The average Bonchev–Trinajstić information content (AvgIpc) is 3.84. The molecule has 0 aliphatic heterocycles. The highest BCUT2D eigenvalue weighted by Gasteiger charge is 2.40. The van der Waals surface area contributed by atoms with Crippen LogP contribution in [-0.4, -0.2) is 9.97 Å². The van der Waals surface area contributed by atoms with Crippen LogP contribution >= 0.6 is 11.3 Å². The Morgan fingerprint density at radius 2 is 1.02 bits per heavy atom. The zero-order valence-electron chi connectivity index (χ0n) is 33.5. The maximum absolute atomic E-state index is 5.38. The molecule has 1 unspecified atom stereocenters. The van der Waals surface area contributed by atoms with Crippen molar-refractivity contribution in [2.24, 2.45) is 0 Å². The zero-order chi connectivity index (χ0) is 40.5. The van der Waals surface area contributed by atoms with Crippen molar-refractivity contribution in [2.75, 3.05) is 0 Å². The van der Waals surface area contributed by atoms with Crippen LogP contribution in [0.15, 0.2) is 212 Å². The second kappa shape index (κ2) is 14.1. The summed E-state index contributed by atoms with van der Waals surface area (Å²) in [5.41, 5.74) is 15.7. The Hall–Kier alpha value is -7.46. The lowest BCUT2D eigenvalue weighted by Crippen LogP contribution is -2.22. The molecule has 0 N–H and O–H groups in total. The van der Waals surface area contributed by atoms with E-state index in [9.17, 15) is 0 Å². The molecule has 0 saturated carbocycles. The standard InChI is InChI=1S/C58H38N2S/c1-58(45-19-6-3-7-20-45)51-25-12-10-21-47(51)50-35-41(29-30-52(50)58)53-36-54(60-57(59-53)38-16-4-2-5-17-38)44-33-42(40-28-27-37-15-8-9-18-39(37)31-40)32-43(34-44)46-23-14-24-49-48-22-11-13-26-55(48)61-56(46)49/h2-36H,1H3. The summed E-state index contributed by atoms with van der Waals surface area (Å²) < 4.78 is 2.59. The third-order valence-corrected chi connectivity index (χ3v) is 14.0. The van der Waals surface area contributed by atoms with Gasteiger partial charge in [-0.25, -0.2) is 9.97 Å². The minimum Gasteiger partial charge on any atom is -0.228 e. The Bertz CT molecular complexity index is 3490. The molecule has 0 saturated heterocycles. The van der Waals surface area contributed by atoms with E-state index in [2.05, 4.69) is 213 Å². The van der Waals surface area contributed by atoms with Gasteiger partial charge in [0.2, 0.25) is 0 Å². The largest absolute Gasteiger partial charge is 0.228 e. The predicted octanol–water partition coefficient (Wildman–Crippen LogP) is 15.7. The van der Waals surface area contributed by atoms with E-state index in [0.29, 0.717) is 5.82 Å². The third-order valence-electron chi connectivity index (χ3n) is 12.7. The normalized spacial score (nSPS) is 14.4. The topological polar surface area (TPSA) is 25.8 Å². The highest BCUT2D eigenvalue weighted by molar-refractivity contribution is 7.26. The smallest absolute Gasteiger partial charge is 0.160 e. The molecular formula is C58H38N2S. The van der Waals surface area contributed by atoms with Gasteiger partial charge in [-0.2, -0.15) is 0 Å². The van der Waals surface area contributed by atoms with Crippen LogP contribution in [0.5, 0.6) is 0 Å². The van der Waals surface area contributed by atoms with Gasteiger partial charge in [0.1, 0.15) is 0 Å². The minimum absolute atomic E-state index is 0.269. The van der Waals surface area contributed by atoms with Gasteiger partial charge in [-0.05, 0) is 110 Å². The number of fused-ring (bicyclic) bond motifs is 7. The van der Waals surface area contributed by atoms with Crippen molar-refractivity contribution in [1.29, 1.82) is 0 Å². The van der Waals surface area contributed by atoms with E-state index in [1.54, 1.807) is 0 Å². The monoisotopic (exact) mass is 794 g/mol. The van der Waals surface area contributed by atoms with Gasteiger partial charge in [0, 0.05) is 42.3 Å². The molecule has 11 aromatic rings. The van der Waals surface area contributed by atoms with Crippen LogP contribution in [0.2, 0.25) is 0 Å². The fourth-order valence-corrected chi connectivity index (χ4v) is 10.9. The summed E-state index contributed by atoms with van der Waals surface area (Å²) in [5.74, 6) is 0.701. The molecule has 0 radical (unpaired) electrons. The maximum atomic E-state index is 5.38. The Morgan fingerprint density at radius 3 is 1.89 bits per heavy atom. The molecule has 0 fully saturated rings. The van der Waals surface area contributed by atoms with Crippen LogP contribution in [0.1, 0.15) is 23.6 Å². The van der Waals surface area contributed by atoms with Crippen LogP contribution in [0.25, 0.3) is 98.2 Å². The number of hydrogen-bond donors (Lipinski definition) is 0. The molecular weight excluding hydrogens is 757 g/mol. The molecule has 1 aliphatic carbocycles. The van der Waals surface area contributed by atoms with Crippen molar-refractivity contribution in [1.82, 2.24) is 9.97 Å². The summed E-state index contributed by atoms with van der Waals surface area (Å²) in [6.45, 7) is 2.36. The Kier molecular flexibility index (Phi) is 8.19. The first-order chi connectivity index (χ1) is 30.1. The first-order valence-electron chi connectivity index (χ1n) is 20.9. The SMILES string of the molecule is CC1(c2ccccc2)c2ccccc2-c2cc(-c3cc(-c4cc(-c5ccc6ccccc6c5)cc(-c5cccc6c5sc5ccccc56)c4)nc(-c4ccccc4)n3)ccc21. The van der Waals surface area contributed by atoms with Crippen molar-refractivity contribution >= 4 is 42.3 Å². The second-order valence-electron chi connectivity index (χ2n) is 16.3. The van der Waals surface area contributed by atoms with E-state index in [4.69, 9.17) is 9.97 Å². The first kappa shape index (κ1) is 35.5. The minimum atomic E-state index is -0.269. The number of aromatic nitrogens is 2. The molecule has 12 rings (SSSR count). The Balaban J connectivity index is 1.08.